The topological polar surface area (TPSA) is 34.1 Å². The Morgan fingerprint density at radius 3 is 2.58 bits per heavy atom. The third-order valence-electron chi connectivity index (χ3n) is 2.49. The van der Waals surface area contributed by atoms with Crippen LogP contribution < -0.4 is 0 Å². The average Bonchev–Trinajstić information content (AvgIpc) is 1.82. The number of allylic oxidation sites excluding steroid dienone is 2. The summed E-state index contributed by atoms with van der Waals surface area (Å²) in [6.45, 7) is 5.76. The monoisotopic (exact) mass is 166 g/mol. The fourth-order valence-corrected chi connectivity index (χ4v) is 1.86. The molecule has 1 rings (SSSR count). The van der Waals surface area contributed by atoms with Gasteiger partial charge in [-0.1, -0.05) is 19.4 Å². The molecule has 0 heterocycles. The summed E-state index contributed by atoms with van der Waals surface area (Å²) < 4.78 is 0. The van der Waals surface area contributed by atoms with E-state index >= 15 is 0 Å². The molecular formula is C10H14O2. The van der Waals surface area contributed by atoms with E-state index in [9.17, 15) is 9.59 Å². The third-order valence-corrected chi connectivity index (χ3v) is 2.49. The van der Waals surface area contributed by atoms with E-state index in [1.54, 1.807) is 6.08 Å². The minimum atomic E-state index is -0.197. The van der Waals surface area contributed by atoms with Crippen LogP contribution in [0.15, 0.2) is 11.6 Å². The molecule has 1 aliphatic carbocycles. The van der Waals surface area contributed by atoms with Crippen molar-refractivity contribution in [3.63, 3.8) is 0 Å². The predicted molar refractivity (Wildman–Crippen MR) is 46.7 cm³/mol. The predicted octanol–water partition coefficient (Wildman–Crippen LogP) is 1.75. The number of carbonyl (C=O) groups excluding carboxylic acids is 2. The number of hydrogen-bond donors (Lipinski definition) is 0. The SMILES string of the molecule is CC1=CC(=O)CC(C)(C)C1C=O. The highest BCUT2D eigenvalue weighted by Crippen LogP contribution is 2.37. The van der Waals surface area contributed by atoms with Crippen LogP contribution >= 0.6 is 0 Å². The molecule has 0 spiro atoms. The van der Waals surface area contributed by atoms with Gasteiger partial charge in [-0.15, -0.1) is 0 Å². The Hall–Kier alpha value is -0.920. The summed E-state index contributed by atoms with van der Waals surface area (Å²) in [5.41, 5.74) is 0.698. The van der Waals surface area contributed by atoms with Crippen LogP contribution in [0, 0.1) is 11.3 Å². The summed E-state index contributed by atoms with van der Waals surface area (Å²) in [5.74, 6) is 0.0470. The van der Waals surface area contributed by atoms with E-state index in [2.05, 4.69) is 0 Å². The van der Waals surface area contributed by atoms with Crippen LogP contribution in [-0.4, -0.2) is 12.1 Å². The molecule has 0 aromatic rings. The molecule has 12 heavy (non-hydrogen) atoms. The lowest BCUT2D eigenvalue weighted by atomic mass is 9.69. The van der Waals surface area contributed by atoms with Gasteiger partial charge in [0.25, 0.3) is 0 Å². The van der Waals surface area contributed by atoms with Crippen LogP contribution in [0.5, 0.6) is 0 Å². The molecule has 0 N–H and O–H groups in total. The van der Waals surface area contributed by atoms with Gasteiger partial charge < -0.3 is 4.79 Å². The van der Waals surface area contributed by atoms with Gasteiger partial charge in [0.1, 0.15) is 6.29 Å². The van der Waals surface area contributed by atoms with Crippen molar-refractivity contribution >= 4 is 12.1 Å². The van der Waals surface area contributed by atoms with Gasteiger partial charge in [-0.05, 0) is 18.4 Å². The Kier molecular flexibility index (Phi) is 2.18. The molecule has 0 amide bonds. The van der Waals surface area contributed by atoms with Gasteiger partial charge >= 0.3 is 0 Å². The molecule has 0 aromatic heterocycles. The van der Waals surface area contributed by atoms with Crippen LogP contribution in [0.1, 0.15) is 27.2 Å². The van der Waals surface area contributed by atoms with Crippen molar-refractivity contribution in [1.82, 2.24) is 0 Å². The van der Waals surface area contributed by atoms with Gasteiger partial charge in [-0.2, -0.15) is 0 Å². The second-order valence-corrected chi connectivity index (χ2v) is 4.13. The van der Waals surface area contributed by atoms with Gasteiger partial charge in [0.15, 0.2) is 5.78 Å². The summed E-state index contributed by atoms with van der Waals surface area (Å²) in [7, 11) is 0. The number of carbonyl (C=O) groups is 2. The minimum Gasteiger partial charge on any atom is -0.303 e. The van der Waals surface area contributed by atoms with Gasteiger partial charge in [-0.3, -0.25) is 4.79 Å². The maximum absolute atomic E-state index is 11.2. The number of rotatable bonds is 1. The zero-order valence-electron chi connectivity index (χ0n) is 7.76. The zero-order chi connectivity index (χ0) is 9.35. The van der Waals surface area contributed by atoms with E-state index in [1.807, 2.05) is 20.8 Å². The van der Waals surface area contributed by atoms with Crippen LogP contribution in [0.2, 0.25) is 0 Å². The molecule has 2 nitrogen and oxygen atoms in total. The first-order chi connectivity index (χ1) is 5.47. The Morgan fingerprint density at radius 1 is 1.58 bits per heavy atom. The maximum Gasteiger partial charge on any atom is 0.156 e. The van der Waals surface area contributed by atoms with Gasteiger partial charge in [0.05, 0.1) is 0 Å². The fraction of sp³-hybridized carbons (Fsp3) is 0.600. The highest BCUT2D eigenvalue weighted by Gasteiger charge is 2.35. The van der Waals surface area contributed by atoms with Crippen molar-refractivity contribution in [3.8, 4) is 0 Å². The Labute approximate surface area is 72.7 Å². The molecule has 0 saturated carbocycles. The molecule has 0 fully saturated rings. The number of ketones is 1. The highest BCUT2D eigenvalue weighted by molar-refractivity contribution is 5.93. The van der Waals surface area contributed by atoms with Gasteiger partial charge in [0, 0.05) is 12.3 Å². The molecule has 1 atom stereocenters. The molecule has 0 saturated heterocycles. The van der Waals surface area contributed by atoms with Crippen LogP contribution in [-0.2, 0) is 9.59 Å². The first kappa shape index (κ1) is 9.17. The summed E-state index contributed by atoms with van der Waals surface area (Å²) in [4.78, 5) is 21.9. The molecule has 2 heteroatoms. The Bertz CT molecular complexity index is 249. The average molecular weight is 166 g/mol. The normalized spacial score (nSPS) is 28.1. The highest BCUT2D eigenvalue weighted by atomic mass is 16.1. The summed E-state index contributed by atoms with van der Waals surface area (Å²) in [5, 5.41) is 0. The standard InChI is InChI=1S/C10H14O2/c1-7-4-8(12)5-10(2,3)9(7)6-11/h4,6,9H,5H2,1-3H3. The summed E-state index contributed by atoms with van der Waals surface area (Å²) in [6, 6.07) is 0. The minimum absolute atomic E-state index is 0.0878. The molecule has 0 aliphatic heterocycles. The molecule has 1 unspecified atom stereocenters. The van der Waals surface area contributed by atoms with Crippen molar-refractivity contribution in [1.29, 1.82) is 0 Å². The number of hydrogen-bond acceptors (Lipinski definition) is 2. The number of aldehydes is 1. The van der Waals surface area contributed by atoms with E-state index in [-0.39, 0.29) is 17.1 Å². The van der Waals surface area contributed by atoms with Crippen molar-refractivity contribution in [2.24, 2.45) is 11.3 Å². The first-order valence-corrected chi connectivity index (χ1v) is 4.13. The molecule has 0 aromatic carbocycles. The maximum atomic E-state index is 11.2. The molecule has 66 valence electrons. The summed E-state index contributed by atoms with van der Waals surface area (Å²) >= 11 is 0. The quantitative estimate of drug-likeness (QED) is 0.556. The van der Waals surface area contributed by atoms with Crippen molar-refractivity contribution < 1.29 is 9.59 Å². The Balaban J connectivity index is 3.04. The van der Waals surface area contributed by atoms with Gasteiger partial charge in [-0.25, -0.2) is 0 Å². The van der Waals surface area contributed by atoms with Crippen LogP contribution in [0.25, 0.3) is 0 Å². The third kappa shape index (κ3) is 1.47. The fourth-order valence-electron chi connectivity index (χ4n) is 1.86. The van der Waals surface area contributed by atoms with Crippen molar-refractivity contribution in [2.45, 2.75) is 27.2 Å². The first-order valence-electron chi connectivity index (χ1n) is 4.13. The largest absolute Gasteiger partial charge is 0.303 e. The summed E-state index contributed by atoms with van der Waals surface area (Å²) in [6.07, 6.45) is 3.01. The van der Waals surface area contributed by atoms with E-state index in [1.165, 1.54) is 0 Å². The van der Waals surface area contributed by atoms with E-state index in [0.717, 1.165) is 11.9 Å². The zero-order valence-corrected chi connectivity index (χ0v) is 7.76. The van der Waals surface area contributed by atoms with Crippen LogP contribution in [0.3, 0.4) is 0 Å². The van der Waals surface area contributed by atoms with E-state index in [4.69, 9.17) is 0 Å². The molecular weight excluding hydrogens is 152 g/mol. The molecule has 0 radical (unpaired) electrons. The van der Waals surface area contributed by atoms with E-state index in [0.29, 0.717) is 6.42 Å². The lowest BCUT2D eigenvalue weighted by molar-refractivity contribution is -0.120. The lowest BCUT2D eigenvalue weighted by Crippen LogP contribution is -2.32. The van der Waals surface area contributed by atoms with Crippen molar-refractivity contribution in [2.75, 3.05) is 0 Å². The van der Waals surface area contributed by atoms with Crippen molar-refractivity contribution in [3.05, 3.63) is 11.6 Å². The Morgan fingerprint density at radius 2 is 2.17 bits per heavy atom. The van der Waals surface area contributed by atoms with E-state index < -0.39 is 0 Å². The second-order valence-electron chi connectivity index (χ2n) is 4.13. The molecule has 0 bridgehead atoms. The van der Waals surface area contributed by atoms with Crippen LogP contribution in [0.4, 0.5) is 0 Å². The van der Waals surface area contributed by atoms with Gasteiger partial charge in [0.2, 0.25) is 0 Å². The second kappa shape index (κ2) is 2.85. The molecule has 1 aliphatic rings. The lowest BCUT2D eigenvalue weighted by Gasteiger charge is -2.33. The smallest absolute Gasteiger partial charge is 0.156 e.